The highest BCUT2D eigenvalue weighted by Gasteiger charge is 2.00. The predicted molar refractivity (Wildman–Crippen MR) is 60.3 cm³/mol. The highest BCUT2D eigenvalue weighted by Crippen LogP contribution is 2.18. The monoisotopic (exact) mass is 218 g/mol. The molecule has 0 aliphatic carbocycles. The van der Waals surface area contributed by atoms with Gasteiger partial charge in [0.15, 0.2) is 0 Å². The third-order valence-electron chi connectivity index (χ3n) is 2.26. The van der Waals surface area contributed by atoms with Crippen LogP contribution in [0, 0.1) is 0 Å². The molecule has 4 heteroatoms. The molecule has 1 aromatic heterocycles. The van der Waals surface area contributed by atoms with Crippen molar-refractivity contribution in [3.05, 3.63) is 42.5 Å². The maximum Gasteiger partial charge on any atom is 0.132 e. The number of aromatic hydroxyl groups is 1. The Kier molecular flexibility index (Phi) is 3.10. The van der Waals surface area contributed by atoms with Gasteiger partial charge in [-0.15, -0.1) is 0 Å². The van der Waals surface area contributed by atoms with Crippen molar-refractivity contribution in [1.29, 1.82) is 0 Å². The molecule has 0 aliphatic rings. The van der Waals surface area contributed by atoms with Crippen molar-refractivity contribution < 1.29 is 9.84 Å². The lowest BCUT2D eigenvalue weighted by molar-refractivity contribution is 0.300. The van der Waals surface area contributed by atoms with Gasteiger partial charge in [0.2, 0.25) is 0 Å². The summed E-state index contributed by atoms with van der Waals surface area (Å²) in [5.41, 5.74) is 0.880. The molecule has 0 unspecified atom stereocenters. The molecule has 2 rings (SSSR count). The third kappa shape index (κ3) is 2.53. The molecule has 0 amide bonds. The van der Waals surface area contributed by atoms with Crippen molar-refractivity contribution in [2.45, 2.75) is 20.1 Å². The number of phenols is 1. The molecule has 16 heavy (non-hydrogen) atoms. The van der Waals surface area contributed by atoms with Crippen LogP contribution in [0.15, 0.2) is 36.8 Å². The van der Waals surface area contributed by atoms with E-state index in [9.17, 15) is 5.11 Å². The molecule has 84 valence electrons. The Bertz CT molecular complexity index is 466. The molecule has 0 radical (unpaired) electrons. The van der Waals surface area contributed by atoms with Gasteiger partial charge in [-0.3, -0.25) is 0 Å². The molecular weight excluding hydrogens is 204 g/mol. The first-order valence-electron chi connectivity index (χ1n) is 5.20. The van der Waals surface area contributed by atoms with Crippen LogP contribution in [0.5, 0.6) is 11.5 Å². The van der Waals surface area contributed by atoms with Gasteiger partial charge in [-0.25, -0.2) is 4.98 Å². The first kappa shape index (κ1) is 10.5. The molecule has 0 atom stereocenters. The van der Waals surface area contributed by atoms with Crippen LogP contribution in [0.4, 0.5) is 0 Å². The fourth-order valence-electron chi connectivity index (χ4n) is 1.38. The molecule has 1 aromatic carbocycles. The van der Waals surface area contributed by atoms with E-state index in [1.807, 2.05) is 10.8 Å². The highest BCUT2D eigenvalue weighted by atomic mass is 16.5. The van der Waals surface area contributed by atoms with Crippen molar-refractivity contribution in [3.8, 4) is 11.5 Å². The molecule has 0 fully saturated rings. The van der Waals surface area contributed by atoms with Crippen molar-refractivity contribution in [2.24, 2.45) is 0 Å². The van der Waals surface area contributed by atoms with E-state index >= 15 is 0 Å². The summed E-state index contributed by atoms with van der Waals surface area (Å²) in [6, 6.07) is 6.74. The number of benzene rings is 1. The van der Waals surface area contributed by atoms with E-state index in [2.05, 4.69) is 11.9 Å². The van der Waals surface area contributed by atoms with E-state index in [-0.39, 0.29) is 5.75 Å². The SMILES string of the molecule is CCn1cnc(COc2cccc(O)c2)c1. The molecule has 0 spiro atoms. The second kappa shape index (κ2) is 4.70. The molecule has 4 nitrogen and oxygen atoms in total. The summed E-state index contributed by atoms with van der Waals surface area (Å²) in [5, 5.41) is 9.25. The number of nitrogens with zero attached hydrogens (tertiary/aromatic N) is 2. The number of hydrogen-bond donors (Lipinski definition) is 1. The van der Waals surface area contributed by atoms with Gasteiger partial charge in [0.25, 0.3) is 0 Å². The Labute approximate surface area is 94.1 Å². The zero-order valence-corrected chi connectivity index (χ0v) is 9.13. The van der Waals surface area contributed by atoms with Gasteiger partial charge in [-0.2, -0.15) is 0 Å². The second-order valence-corrected chi connectivity index (χ2v) is 3.48. The van der Waals surface area contributed by atoms with E-state index in [1.54, 1.807) is 30.6 Å². The van der Waals surface area contributed by atoms with Crippen molar-refractivity contribution in [2.75, 3.05) is 0 Å². The minimum Gasteiger partial charge on any atom is -0.508 e. The maximum absolute atomic E-state index is 9.25. The van der Waals surface area contributed by atoms with Gasteiger partial charge in [-0.05, 0) is 19.1 Å². The zero-order chi connectivity index (χ0) is 11.4. The number of ether oxygens (including phenoxy) is 1. The summed E-state index contributed by atoms with van der Waals surface area (Å²) in [6.45, 7) is 3.37. The smallest absolute Gasteiger partial charge is 0.132 e. The molecule has 0 bridgehead atoms. The lowest BCUT2D eigenvalue weighted by atomic mass is 10.3. The summed E-state index contributed by atoms with van der Waals surface area (Å²) >= 11 is 0. The Morgan fingerprint density at radius 3 is 3.00 bits per heavy atom. The van der Waals surface area contributed by atoms with Crippen molar-refractivity contribution >= 4 is 0 Å². The molecule has 2 aromatic rings. The van der Waals surface area contributed by atoms with Crippen LogP contribution < -0.4 is 4.74 Å². The van der Waals surface area contributed by atoms with Crippen molar-refractivity contribution in [1.82, 2.24) is 9.55 Å². The second-order valence-electron chi connectivity index (χ2n) is 3.48. The fraction of sp³-hybridized carbons (Fsp3) is 0.250. The molecule has 0 aliphatic heterocycles. The Hall–Kier alpha value is -1.97. The average Bonchev–Trinajstić information content (AvgIpc) is 2.74. The predicted octanol–water partition coefficient (Wildman–Crippen LogP) is 2.19. The molecule has 0 saturated carbocycles. The number of imidazole rings is 1. The first-order valence-corrected chi connectivity index (χ1v) is 5.20. The van der Waals surface area contributed by atoms with Gasteiger partial charge in [0.1, 0.15) is 18.1 Å². The van der Waals surface area contributed by atoms with E-state index in [4.69, 9.17) is 4.74 Å². The highest BCUT2D eigenvalue weighted by molar-refractivity contribution is 5.31. The van der Waals surface area contributed by atoms with E-state index in [1.165, 1.54) is 0 Å². The van der Waals surface area contributed by atoms with E-state index in [0.717, 1.165) is 12.2 Å². The quantitative estimate of drug-likeness (QED) is 0.855. The zero-order valence-electron chi connectivity index (χ0n) is 9.13. The minimum atomic E-state index is 0.205. The van der Waals surface area contributed by atoms with Crippen LogP contribution in [0.1, 0.15) is 12.6 Å². The summed E-state index contributed by atoms with van der Waals surface area (Å²) in [4.78, 5) is 4.20. The van der Waals surface area contributed by atoms with E-state index < -0.39 is 0 Å². The summed E-state index contributed by atoms with van der Waals surface area (Å²) < 4.78 is 7.48. The summed E-state index contributed by atoms with van der Waals surface area (Å²) in [5.74, 6) is 0.850. The maximum atomic E-state index is 9.25. The number of hydrogen-bond acceptors (Lipinski definition) is 3. The van der Waals surface area contributed by atoms with Crippen LogP contribution in [0.2, 0.25) is 0 Å². The number of aryl methyl sites for hydroxylation is 1. The first-order chi connectivity index (χ1) is 7.78. The molecule has 0 saturated heterocycles. The summed E-state index contributed by atoms with van der Waals surface area (Å²) in [7, 11) is 0. The van der Waals surface area contributed by atoms with Crippen LogP contribution in [0.25, 0.3) is 0 Å². The lowest BCUT2D eigenvalue weighted by Crippen LogP contribution is -1.95. The van der Waals surface area contributed by atoms with Crippen LogP contribution >= 0.6 is 0 Å². The minimum absolute atomic E-state index is 0.205. The van der Waals surface area contributed by atoms with Crippen LogP contribution in [-0.4, -0.2) is 14.7 Å². The molecule has 1 heterocycles. The van der Waals surface area contributed by atoms with Crippen LogP contribution in [-0.2, 0) is 13.2 Å². The number of rotatable bonds is 4. The Morgan fingerprint density at radius 1 is 1.44 bits per heavy atom. The van der Waals surface area contributed by atoms with Crippen LogP contribution in [0.3, 0.4) is 0 Å². The third-order valence-corrected chi connectivity index (χ3v) is 2.26. The lowest BCUT2D eigenvalue weighted by Gasteiger charge is -2.03. The molecular formula is C12H14N2O2. The van der Waals surface area contributed by atoms with Gasteiger partial charge in [-0.1, -0.05) is 6.07 Å². The van der Waals surface area contributed by atoms with Gasteiger partial charge in [0, 0.05) is 18.8 Å². The summed E-state index contributed by atoms with van der Waals surface area (Å²) in [6.07, 6.45) is 3.73. The van der Waals surface area contributed by atoms with E-state index in [0.29, 0.717) is 12.4 Å². The van der Waals surface area contributed by atoms with Gasteiger partial charge >= 0.3 is 0 Å². The normalized spacial score (nSPS) is 10.3. The topological polar surface area (TPSA) is 47.3 Å². The Balaban J connectivity index is 1.96. The van der Waals surface area contributed by atoms with Gasteiger partial charge < -0.3 is 14.4 Å². The molecule has 1 N–H and O–H groups in total. The van der Waals surface area contributed by atoms with Crippen molar-refractivity contribution in [3.63, 3.8) is 0 Å². The standard InChI is InChI=1S/C12H14N2O2/c1-2-14-7-10(13-9-14)8-16-12-5-3-4-11(15)6-12/h3-7,9,15H,2,8H2,1H3. The Morgan fingerprint density at radius 2 is 2.31 bits per heavy atom. The van der Waals surface area contributed by atoms with Gasteiger partial charge in [0.05, 0.1) is 12.0 Å². The largest absolute Gasteiger partial charge is 0.508 e. The number of aromatic nitrogens is 2. The average molecular weight is 218 g/mol. The fourth-order valence-corrected chi connectivity index (χ4v) is 1.38. The number of phenolic OH excluding ortho intramolecular Hbond substituents is 1.